The van der Waals surface area contributed by atoms with Gasteiger partial charge in [-0.25, -0.2) is 14.8 Å². The van der Waals surface area contributed by atoms with Gasteiger partial charge in [0.1, 0.15) is 17.2 Å². The van der Waals surface area contributed by atoms with E-state index in [1.165, 1.54) is 0 Å². The molecule has 3 heterocycles. The van der Waals surface area contributed by atoms with Gasteiger partial charge in [0.15, 0.2) is 11.6 Å². The number of rotatable bonds is 4. The van der Waals surface area contributed by atoms with Crippen LogP contribution in [0.4, 0.5) is 11.5 Å². The Kier molecular flexibility index (Phi) is 5.22. The van der Waals surface area contributed by atoms with E-state index >= 15 is 0 Å². The van der Waals surface area contributed by atoms with Crippen LogP contribution in [0.2, 0.25) is 0 Å². The molecule has 0 unspecified atom stereocenters. The molecule has 35 heavy (non-hydrogen) atoms. The average molecular weight is 488 g/mol. The van der Waals surface area contributed by atoms with Crippen molar-refractivity contribution in [2.75, 3.05) is 18.6 Å². The molecule has 0 saturated heterocycles. The van der Waals surface area contributed by atoms with Crippen molar-refractivity contribution in [3.63, 3.8) is 0 Å². The van der Waals surface area contributed by atoms with Crippen LogP contribution in [0.3, 0.4) is 0 Å². The summed E-state index contributed by atoms with van der Waals surface area (Å²) in [6.07, 6.45) is 5.28. The van der Waals surface area contributed by atoms with Crippen molar-refractivity contribution >= 4 is 46.2 Å². The van der Waals surface area contributed by atoms with Crippen molar-refractivity contribution in [1.82, 2.24) is 9.97 Å². The number of allylic oxidation sites excluding steroid dienone is 1. The molecule has 6 rings (SSSR count). The molecule has 1 aliphatic heterocycles. The van der Waals surface area contributed by atoms with E-state index in [2.05, 4.69) is 11.0 Å². The quantitative estimate of drug-likeness (QED) is 0.366. The number of aryl methyl sites for hydroxylation is 2. The van der Waals surface area contributed by atoms with E-state index < -0.39 is 5.97 Å². The standard InChI is InChI=1S/C27H22ClN3O4/c1-34-19-6-8-22-15(12-19)3-2-10-31(22)26-25(24-14-17-11-18(28)5-9-23(17)35-24)29-20-7-4-16(27(32)33)13-21(20)30-26/h4,6-8,11-14H,2-3,5,9-10H2,1H3,(H,32,33). The normalized spacial score (nSPS) is 14.9. The number of fused-ring (bicyclic) bond motifs is 3. The first kappa shape index (κ1) is 21.7. The van der Waals surface area contributed by atoms with Crippen LogP contribution in [0.1, 0.15) is 40.1 Å². The number of ether oxygens (including phenoxy) is 1. The fourth-order valence-corrected chi connectivity index (χ4v) is 5.01. The van der Waals surface area contributed by atoms with Gasteiger partial charge in [-0.1, -0.05) is 11.6 Å². The molecule has 0 radical (unpaired) electrons. The number of halogens is 1. The second-order valence-corrected chi connectivity index (χ2v) is 9.22. The Balaban J connectivity index is 1.57. The van der Waals surface area contributed by atoms with E-state index in [4.69, 9.17) is 30.7 Å². The molecule has 1 aliphatic carbocycles. The van der Waals surface area contributed by atoms with Crippen LogP contribution in [-0.2, 0) is 12.8 Å². The zero-order valence-electron chi connectivity index (χ0n) is 19.0. The lowest BCUT2D eigenvalue weighted by Crippen LogP contribution is -2.26. The zero-order valence-corrected chi connectivity index (χ0v) is 19.8. The molecule has 0 spiro atoms. The average Bonchev–Trinajstić information content (AvgIpc) is 3.29. The summed E-state index contributed by atoms with van der Waals surface area (Å²) in [6.45, 7) is 0.747. The Morgan fingerprint density at radius 1 is 1.09 bits per heavy atom. The van der Waals surface area contributed by atoms with Crippen LogP contribution in [0.25, 0.3) is 28.6 Å². The molecule has 2 aromatic carbocycles. The lowest BCUT2D eigenvalue weighted by atomic mass is 10.0. The van der Waals surface area contributed by atoms with Crippen LogP contribution >= 0.6 is 11.6 Å². The summed E-state index contributed by atoms with van der Waals surface area (Å²) in [5.74, 6) is 1.93. The Bertz CT molecular complexity index is 1520. The molecule has 2 aliphatic rings. The SMILES string of the molecule is COc1ccc2c(c1)CCCN2c1nc2cc(C(=O)O)ccc2nc1-c1cc2c(o1)CCC(Cl)=C2. The molecule has 0 bridgehead atoms. The third kappa shape index (κ3) is 3.82. The number of carboxylic acids is 1. The number of carbonyl (C=O) groups is 1. The summed E-state index contributed by atoms with van der Waals surface area (Å²) in [5, 5.41) is 10.3. The number of anilines is 2. The van der Waals surface area contributed by atoms with Crippen LogP contribution in [-0.4, -0.2) is 34.7 Å². The molecule has 176 valence electrons. The maximum atomic E-state index is 11.6. The van der Waals surface area contributed by atoms with Gasteiger partial charge < -0.3 is 19.2 Å². The first-order valence-corrected chi connectivity index (χ1v) is 11.9. The molecule has 1 N–H and O–H groups in total. The molecular weight excluding hydrogens is 466 g/mol. The second kappa shape index (κ2) is 8.43. The van der Waals surface area contributed by atoms with Crippen molar-refractivity contribution in [3.8, 4) is 17.2 Å². The highest BCUT2D eigenvalue weighted by molar-refractivity contribution is 6.31. The topological polar surface area (TPSA) is 88.7 Å². The molecule has 8 heteroatoms. The fraction of sp³-hybridized carbons (Fsp3) is 0.222. The maximum absolute atomic E-state index is 11.6. The number of benzene rings is 2. The van der Waals surface area contributed by atoms with Gasteiger partial charge in [-0.3, -0.25) is 0 Å². The first-order valence-electron chi connectivity index (χ1n) is 11.5. The Morgan fingerprint density at radius 2 is 1.97 bits per heavy atom. The highest BCUT2D eigenvalue weighted by Crippen LogP contribution is 2.41. The highest BCUT2D eigenvalue weighted by atomic mass is 35.5. The minimum atomic E-state index is -1.00. The summed E-state index contributed by atoms with van der Waals surface area (Å²) in [7, 11) is 1.66. The zero-order chi connectivity index (χ0) is 24.1. The summed E-state index contributed by atoms with van der Waals surface area (Å²) >= 11 is 6.28. The van der Waals surface area contributed by atoms with Crippen molar-refractivity contribution < 1.29 is 19.1 Å². The predicted molar refractivity (Wildman–Crippen MR) is 135 cm³/mol. The van der Waals surface area contributed by atoms with E-state index in [9.17, 15) is 9.90 Å². The molecule has 7 nitrogen and oxygen atoms in total. The van der Waals surface area contributed by atoms with E-state index in [1.54, 1.807) is 25.3 Å². The number of hydrogen-bond donors (Lipinski definition) is 1. The number of hydrogen-bond acceptors (Lipinski definition) is 6. The second-order valence-electron chi connectivity index (χ2n) is 8.73. The summed E-state index contributed by atoms with van der Waals surface area (Å²) < 4.78 is 11.7. The minimum absolute atomic E-state index is 0.169. The lowest BCUT2D eigenvalue weighted by molar-refractivity contribution is 0.0697. The van der Waals surface area contributed by atoms with Gasteiger partial charge in [0, 0.05) is 29.2 Å². The highest BCUT2D eigenvalue weighted by Gasteiger charge is 2.27. The molecular formula is C27H22ClN3O4. The first-order chi connectivity index (χ1) is 17.0. The van der Waals surface area contributed by atoms with Gasteiger partial charge in [0.2, 0.25) is 0 Å². The van der Waals surface area contributed by atoms with Crippen molar-refractivity contribution in [3.05, 3.63) is 69.9 Å². The van der Waals surface area contributed by atoms with Gasteiger partial charge in [0.25, 0.3) is 0 Å². The van der Waals surface area contributed by atoms with Gasteiger partial charge in [-0.2, -0.15) is 0 Å². The van der Waals surface area contributed by atoms with Gasteiger partial charge in [0.05, 0.1) is 23.7 Å². The number of methoxy groups -OCH3 is 1. The summed E-state index contributed by atoms with van der Waals surface area (Å²) in [6, 6.07) is 12.8. The summed E-state index contributed by atoms with van der Waals surface area (Å²) in [4.78, 5) is 23.6. The van der Waals surface area contributed by atoms with Gasteiger partial charge in [-0.15, -0.1) is 0 Å². The van der Waals surface area contributed by atoms with Crippen LogP contribution < -0.4 is 9.64 Å². The minimum Gasteiger partial charge on any atom is -0.497 e. The monoisotopic (exact) mass is 487 g/mol. The largest absolute Gasteiger partial charge is 0.497 e. The molecule has 0 amide bonds. The van der Waals surface area contributed by atoms with Gasteiger partial charge in [-0.05, 0) is 73.4 Å². The number of aromatic nitrogens is 2. The Hall–Kier alpha value is -3.84. The lowest BCUT2D eigenvalue weighted by Gasteiger charge is -2.31. The number of furan rings is 1. The Labute approximate surface area is 206 Å². The van der Waals surface area contributed by atoms with E-state index in [1.807, 2.05) is 24.3 Å². The number of aromatic carboxylic acids is 1. The van der Waals surface area contributed by atoms with E-state index in [-0.39, 0.29) is 5.56 Å². The molecule has 0 saturated carbocycles. The number of carboxylic acid groups (broad SMARTS) is 1. The third-order valence-corrected chi connectivity index (χ3v) is 6.83. The number of nitrogens with zero attached hydrogens (tertiary/aromatic N) is 3. The van der Waals surface area contributed by atoms with Crippen LogP contribution in [0.15, 0.2) is 51.9 Å². The molecule has 0 fully saturated rings. The van der Waals surface area contributed by atoms with Crippen molar-refractivity contribution in [2.45, 2.75) is 25.7 Å². The molecule has 2 aromatic heterocycles. The smallest absolute Gasteiger partial charge is 0.335 e. The van der Waals surface area contributed by atoms with Crippen molar-refractivity contribution in [2.24, 2.45) is 0 Å². The summed E-state index contributed by atoms with van der Waals surface area (Å²) in [5.41, 5.74) is 5.05. The van der Waals surface area contributed by atoms with Gasteiger partial charge >= 0.3 is 5.97 Å². The fourth-order valence-electron chi connectivity index (χ4n) is 4.80. The van der Waals surface area contributed by atoms with Crippen LogP contribution in [0.5, 0.6) is 5.75 Å². The maximum Gasteiger partial charge on any atom is 0.335 e. The van der Waals surface area contributed by atoms with Crippen LogP contribution in [0, 0.1) is 0 Å². The van der Waals surface area contributed by atoms with Crippen molar-refractivity contribution in [1.29, 1.82) is 0 Å². The third-order valence-electron chi connectivity index (χ3n) is 6.53. The molecule has 0 atom stereocenters. The Morgan fingerprint density at radius 3 is 2.80 bits per heavy atom. The predicted octanol–water partition coefficient (Wildman–Crippen LogP) is 6.21. The van der Waals surface area contributed by atoms with E-state index in [0.29, 0.717) is 28.3 Å². The molecule has 4 aromatic rings. The van der Waals surface area contributed by atoms with E-state index in [0.717, 1.165) is 65.6 Å².